The van der Waals surface area contributed by atoms with Gasteiger partial charge in [-0.15, -0.1) is 0 Å². The molecule has 0 fully saturated rings. The Kier molecular flexibility index (Phi) is 28.1. The molecule has 0 bridgehead atoms. The molecule has 0 amide bonds. The van der Waals surface area contributed by atoms with Crippen LogP contribution in [0.3, 0.4) is 0 Å². The molecule has 2 aliphatic carbocycles. The van der Waals surface area contributed by atoms with E-state index in [1.165, 1.54) is 51.4 Å². The molecule has 0 aromatic carbocycles. The summed E-state index contributed by atoms with van der Waals surface area (Å²) in [6.45, 7) is 16.4. The molecule has 0 radical (unpaired) electrons. The molecule has 1 N–H and O–H groups in total. The number of hydrogen-bond acceptors (Lipinski definition) is 1. The van der Waals surface area contributed by atoms with Crippen molar-refractivity contribution in [1.82, 2.24) is 5.32 Å². The fraction of sp³-hybridized carbons (Fsp3) is 0.818. The maximum atomic E-state index is 3.38. The number of rotatable bonds is 3. The zero-order valence-corrected chi connectivity index (χ0v) is 17.9. The first-order valence-electron chi connectivity index (χ1n) is 10.4. The monoisotopic (exact) mass is 327 g/mol. The molecule has 142 valence electrons. The summed E-state index contributed by atoms with van der Waals surface area (Å²) in [6.07, 6.45) is 15.3. The van der Waals surface area contributed by atoms with Gasteiger partial charge in [-0.05, 0) is 44.7 Å². The van der Waals surface area contributed by atoms with Crippen LogP contribution in [0.1, 0.15) is 108 Å². The lowest BCUT2D eigenvalue weighted by Gasteiger charge is -2.10. The zero-order valence-electron chi connectivity index (χ0n) is 17.9. The van der Waals surface area contributed by atoms with Gasteiger partial charge in [0.2, 0.25) is 0 Å². The second kappa shape index (κ2) is 23.7. The molecule has 0 unspecified atom stereocenters. The van der Waals surface area contributed by atoms with Gasteiger partial charge in [-0.2, -0.15) is 0 Å². The predicted molar refractivity (Wildman–Crippen MR) is 113 cm³/mol. The standard InChI is InChI=1S/C11H17N.C5H12.3C2H6.H2/c1-12-11-8-7-9-5-3-2-4-6-10(9)11;1-3-5-4-2;3*1-2;/h4,6,11-12H,2-3,5,7-8H2,1H3;3-5H2,1-2H3;3*1-2H3;1H/t11-;;;;;/m0...../s1. The lowest BCUT2D eigenvalue weighted by Crippen LogP contribution is -2.23. The number of allylic oxidation sites excluding steroid dienone is 2. The second-order valence-corrected chi connectivity index (χ2v) is 5.09. The predicted octanol–water partition coefficient (Wildman–Crippen LogP) is 7.93. The van der Waals surface area contributed by atoms with Crippen LogP contribution < -0.4 is 5.32 Å². The average molecular weight is 328 g/mol. The highest BCUT2D eigenvalue weighted by atomic mass is 14.9. The van der Waals surface area contributed by atoms with Crippen molar-refractivity contribution in [2.45, 2.75) is 113 Å². The fourth-order valence-corrected chi connectivity index (χ4v) is 2.67. The van der Waals surface area contributed by atoms with Gasteiger partial charge >= 0.3 is 0 Å². The number of unbranched alkanes of at least 4 members (excludes halogenated alkanes) is 2. The Labute approximate surface area is 150 Å². The van der Waals surface area contributed by atoms with Crippen molar-refractivity contribution in [2.75, 3.05) is 7.05 Å². The first-order chi connectivity index (χ1) is 11.3. The largest absolute Gasteiger partial charge is 0.313 e. The molecule has 0 spiro atoms. The van der Waals surface area contributed by atoms with Crippen LogP contribution >= 0.6 is 0 Å². The quantitative estimate of drug-likeness (QED) is 0.555. The molecule has 0 saturated heterocycles. The third-order valence-corrected chi connectivity index (χ3v) is 3.72. The van der Waals surface area contributed by atoms with E-state index in [9.17, 15) is 0 Å². The van der Waals surface area contributed by atoms with Gasteiger partial charge in [0, 0.05) is 7.47 Å². The summed E-state index contributed by atoms with van der Waals surface area (Å²) >= 11 is 0. The van der Waals surface area contributed by atoms with Gasteiger partial charge in [0.15, 0.2) is 0 Å². The Morgan fingerprint density at radius 3 is 2.00 bits per heavy atom. The highest BCUT2D eigenvalue weighted by molar-refractivity contribution is 5.36. The number of hydrogen-bond donors (Lipinski definition) is 1. The maximum absolute atomic E-state index is 3.38. The van der Waals surface area contributed by atoms with E-state index in [-0.39, 0.29) is 1.43 Å². The normalized spacial score (nSPS) is 17.7. The minimum atomic E-state index is 0. The van der Waals surface area contributed by atoms with Gasteiger partial charge in [0.05, 0.1) is 0 Å². The first kappa shape index (κ1) is 27.3. The van der Waals surface area contributed by atoms with Crippen molar-refractivity contribution < 1.29 is 1.43 Å². The molecule has 2 aliphatic rings. The van der Waals surface area contributed by atoms with E-state index < -0.39 is 0 Å². The van der Waals surface area contributed by atoms with Crippen molar-refractivity contribution in [1.29, 1.82) is 0 Å². The molecule has 23 heavy (non-hydrogen) atoms. The number of nitrogens with one attached hydrogen (secondary N) is 1. The topological polar surface area (TPSA) is 12.0 Å². The molecule has 0 aromatic heterocycles. The van der Waals surface area contributed by atoms with E-state index in [0.717, 1.165) is 0 Å². The summed E-state index contributed by atoms with van der Waals surface area (Å²) in [5.41, 5.74) is 3.30. The van der Waals surface area contributed by atoms with Crippen LogP contribution in [-0.4, -0.2) is 13.1 Å². The van der Waals surface area contributed by atoms with Crippen LogP contribution in [0, 0.1) is 0 Å². The number of likely N-dealkylation sites (N-methyl/N-ethyl adjacent to an activating group) is 1. The fourth-order valence-electron chi connectivity index (χ4n) is 2.67. The van der Waals surface area contributed by atoms with Crippen molar-refractivity contribution in [3.8, 4) is 0 Å². The van der Waals surface area contributed by atoms with Gasteiger partial charge in [0.1, 0.15) is 0 Å². The van der Waals surface area contributed by atoms with Gasteiger partial charge in [0.25, 0.3) is 0 Å². The van der Waals surface area contributed by atoms with Crippen LogP contribution in [0.15, 0.2) is 23.3 Å². The molecule has 1 heteroatoms. The lowest BCUT2D eigenvalue weighted by molar-refractivity contribution is 0.632. The zero-order chi connectivity index (χ0) is 18.5. The van der Waals surface area contributed by atoms with Crippen LogP contribution in [0.2, 0.25) is 0 Å². The molecule has 1 nitrogen and oxygen atoms in total. The third-order valence-electron chi connectivity index (χ3n) is 3.72. The minimum absolute atomic E-state index is 0. The van der Waals surface area contributed by atoms with Crippen molar-refractivity contribution in [3.05, 3.63) is 23.3 Å². The highest BCUT2D eigenvalue weighted by Gasteiger charge is 2.22. The summed E-state index contributed by atoms with van der Waals surface area (Å²) in [4.78, 5) is 0. The highest BCUT2D eigenvalue weighted by Crippen LogP contribution is 2.32. The lowest BCUT2D eigenvalue weighted by atomic mass is 10.1. The minimum Gasteiger partial charge on any atom is -0.313 e. The molecule has 0 aliphatic heterocycles. The maximum Gasteiger partial charge on any atom is 0.0320 e. The molecule has 2 rings (SSSR count). The van der Waals surface area contributed by atoms with E-state index in [1.807, 2.05) is 41.5 Å². The third kappa shape index (κ3) is 13.6. The van der Waals surface area contributed by atoms with Crippen molar-refractivity contribution in [3.63, 3.8) is 0 Å². The average Bonchev–Trinajstić information content (AvgIpc) is 2.88. The van der Waals surface area contributed by atoms with Gasteiger partial charge in [-0.3, -0.25) is 0 Å². The summed E-state index contributed by atoms with van der Waals surface area (Å²) in [7, 11) is 2.07. The van der Waals surface area contributed by atoms with E-state index >= 15 is 0 Å². The molecular formula is C22H49N. The van der Waals surface area contributed by atoms with Gasteiger partial charge in [-0.1, -0.05) is 92.4 Å². The Morgan fingerprint density at radius 1 is 1.00 bits per heavy atom. The summed E-state index contributed by atoms with van der Waals surface area (Å²) in [5.74, 6) is 0. The SMILES string of the molecule is CC.CC.CC.CCCCC.CN[C@H]1CCC2=C1C=CCCC2.[HH]. The van der Waals surface area contributed by atoms with E-state index in [4.69, 9.17) is 0 Å². The van der Waals surface area contributed by atoms with E-state index in [0.29, 0.717) is 6.04 Å². The van der Waals surface area contributed by atoms with Gasteiger partial charge < -0.3 is 5.32 Å². The Bertz CT molecular complexity index is 267. The summed E-state index contributed by atoms with van der Waals surface area (Å²) in [5, 5.41) is 3.38. The molecule has 0 aromatic rings. The molecule has 0 heterocycles. The van der Waals surface area contributed by atoms with Crippen LogP contribution in [0.5, 0.6) is 0 Å². The summed E-state index contributed by atoms with van der Waals surface area (Å²) in [6, 6.07) is 0.648. The first-order valence-corrected chi connectivity index (χ1v) is 10.4. The van der Waals surface area contributed by atoms with Crippen LogP contribution in [0.25, 0.3) is 0 Å². The van der Waals surface area contributed by atoms with Crippen LogP contribution in [-0.2, 0) is 0 Å². The van der Waals surface area contributed by atoms with Gasteiger partial charge in [-0.25, -0.2) is 0 Å². The molecule has 1 atom stereocenters. The smallest absolute Gasteiger partial charge is 0.0320 e. The van der Waals surface area contributed by atoms with Crippen LogP contribution in [0.4, 0.5) is 0 Å². The molecular weight excluding hydrogens is 278 g/mol. The van der Waals surface area contributed by atoms with Crippen molar-refractivity contribution >= 4 is 0 Å². The van der Waals surface area contributed by atoms with E-state index in [2.05, 4.69) is 38.4 Å². The Hall–Kier alpha value is -0.560. The Morgan fingerprint density at radius 2 is 1.57 bits per heavy atom. The second-order valence-electron chi connectivity index (χ2n) is 5.09. The Balaban J connectivity index is -0.000000143. The van der Waals surface area contributed by atoms with Crippen molar-refractivity contribution in [2.24, 2.45) is 0 Å². The molecule has 0 saturated carbocycles. The van der Waals surface area contributed by atoms with E-state index in [1.54, 1.807) is 11.1 Å². The summed E-state index contributed by atoms with van der Waals surface area (Å²) < 4.78 is 0.